The summed E-state index contributed by atoms with van der Waals surface area (Å²) in [6.07, 6.45) is 0. The Hall–Kier alpha value is -3.55. The molecule has 0 fully saturated rings. The lowest BCUT2D eigenvalue weighted by Gasteiger charge is -2.28. The largest absolute Gasteiger partial charge is 0.497 e. The monoisotopic (exact) mass is 411 g/mol. The summed E-state index contributed by atoms with van der Waals surface area (Å²) in [5.74, 6) is 1.10. The lowest BCUT2D eigenvalue weighted by atomic mass is 10.1. The number of hydrogen-bond donors (Lipinski definition) is 1. The summed E-state index contributed by atoms with van der Waals surface area (Å²) in [5.41, 5.74) is 0.628. The van der Waals surface area contributed by atoms with Gasteiger partial charge in [-0.25, -0.2) is 0 Å². The normalized spacial score (nSPS) is 14.9. The van der Waals surface area contributed by atoms with E-state index in [-0.39, 0.29) is 18.4 Å². The first-order chi connectivity index (χ1) is 14.3. The van der Waals surface area contributed by atoms with Gasteiger partial charge < -0.3 is 24.4 Å². The molecule has 0 radical (unpaired) electrons. The maximum Gasteiger partial charge on any atom is 0.275 e. The van der Waals surface area contributed by atoms with Gasteiger partial charge >= 0.3 is 0 Å². The van der Waals surface area contributed by atoms with Gasteiger partial charge in [0.25, 0.3) is 5.91 Å². The molecule has 30 heavy (non-hydrogen) atoms. The third kappa shape index (κ3) is 4.22. The average Bonchev–Trinajstić information content (AvgIpc) is 2.97. The SMILES string of the molecule is COc1ccc(C2=NC(C)(C)N(CC(=O)Nc3ccc(OC)cc3OC)C2=O)cc1. The minimum atomic E-state index is -0.853. The van der Waals surface area contributed by atoms with E-state index in [9.17, 15) is 9.59 Å². The summed E-state index contributed by atoms with van der Waals surface area (Å²) in [5, 5.41) is 2.79. The van der Waals surface area contributed by atoms with Crippen molar-refractivity contribution in [2.75, 3.05) is 33.2 Å². The smallest absolute Gasteiger partial charge is 0.275 e. The summed E-state index contributed by atoms with van der Waals surface area (Å²) in [6.45, 7) is 3.44. The predicted molar refractivity (Wildman–Crippen MR) is 113 cm³/mol. The van der Waals surface area contributed by atoms with Gasteiger partial charge in [0.05, 0.1) is 27.0 Å². The molecule has 0 aromatic heterocycles. The van der Waals surface area contributed by atoms with Gasteiger partial charge in [-0.15, -0.1) is 0 Å². The maximum absolute atomic E-state index is 13.0. The molecule has 1 aliphatic heterocycles. The molecule has 8 nitrogen and oxygen atoms in total. The average molecular weight is 411 g/mol. The summed E-state index contributed by atoms with van der Waals surface area (Å²) >= 11 is 0. The molecule has 0 bridgehead atoms. The summed E-state index contributed by atoms with van der Waals surface area (Å²) in [7, 11) is 4.63. The number of aliphatic imine (C=N–C) groups is 1. The number of ether oxygens (including phenoxy) is 3. The molecule has 1 heterocycles. The molecule has 8 heteroatoms. The lowest BCUT2D eigenvalue weighted by molar-refractivity contribution is -0.131. The van der Waals surface area contributed by atoms with Crippen LogP contribution in [0, 0.1) is 0 Å². The Morgan fingerprint density at radius 3 is 2.23 bits per heavy atom. The van der Waals surface area contributed by atoms with Crippen LogP contribution >= 0.6 is 0 Å². The number of methoxy groups -OCH3 is 3. The highest BCUT2D eigenvalue weighted by Crippen LogP contribution is 2.30. The molecular weight excluding hydrogens is 386 g/mol. The number of benzene rings is 2. The van der Waals surface area contributed by atoms with E-state index in [0.717, 1.165) is 0 Å². The van der Waals surface area contributed by atoms with Crippen LogP contribution in [0.1, 0.15) is 19.4 Å². The Labute approximate surface area is 175 Å². The van der Waals surface area contributed by atoms with Crippen LogP contribution in [0.4, 0.5) is 5.69 Å². The number of amides is 2. The van der Waals surface area contributed by atoms with Crippen molar-refractivity contribution in [1.29, 1.82) is 0 Å². The quantitative estimate of drug-likeness (QED) is 0.757. The van der Waals surface area contributed by atoms with Gasteiger partial charge in [-0.05, 0) is 50.2 Å². The Balaban J connectivity index is 1.75. The fourth-order valence-electron chi connectivity index (χ4n) is 3.20. The molecule has 0 atom stereocenters. The zero-order valence-electron chi connectivity index (χ0n) is 17.7. The van der Waals surface area contributed by atoms with Crippen molar-refractivity contribution in [2.24, 2.45) is 4.99 Å². The molecular formula is C22H25N3O5. The fraction of sp³-hybridized carbons (Fsp3) is 0.318. The van der Waals surface area contributed by atoms with E-state index in [4.69, 9.17) is 14.2 Å². The van der Waals surface area contributed by atoms with Gasteiger partial charge in [0.1, 0.15) is 35.2 Å². The minimum Gasteiger partial charge on any atom is -0.497 e. The van der Waals surface area contributed by atoms with Crippen LogP contribution in [-0.4, -0.2) is 56.0 Å². The van der Waals surface area contributed by atoms with E-state index in [1.54, 1.807) is 70.5 Å². The summed E-state index contributed by atoms with van der Waals surface area (Å²) in [4.78, 5) is 31.7. The number of nitrogens with one attached hydrogen (secondary N) is 1. The van der Waals surface area contributed by atoms with Crippen molar-refractivity contribution in [3.05, 3.63) is 48.0 Å². The molecule has 2 aromatic carbocycles. The first kappa shape index (κ1) is 21.2. The van der Waals surface area contributed by atoms with Crippen molar-refractivity contribution < 1.29 is 23.8 Å². The van der Waals surface area contributed by atoms with Crippen LogP contribution in [0.3, 0.4) is 0 Å². The molecule has 158 valence electrons. The Morgan fingerprint density at radius 2 is 1.63 bits per heavy atom. The van der Waals surface area contributed by atoms with E-state index in [1.165, 1.54) is 12.0 Å². The van der Waals surface area contributed by atoms with E-state index in [2.05, 4.69) is 10.3 Å². The number of carbonyl (C=O) groups is 2. The highest BCUT2D eigenvalue weighted by molar-refractivity contribution is 6.47. The highest BCUT2D eigenvalue weighted by Gasteiger charge is 2.41. The van der Waals surface area contributed by atoms with E-state index in [1.807, 2.05) is 0 Å². The second-order valence-corrected chi connectivity index (χ2v) is 7.19. The minimum absolute atomic E-state index is 0.149. The van der Waals surface area contributed by atoms with Crippen molar-refractivity contribution in [1.82, 2.24) is 4.90 Å². The Morgan fingerprint density at radius 1 is 1.00 bits per heavy atom. The molecule has 0 spiro atoms. The van der Waals surface area contributed by atoms with Gasteiger partial charge in [-0.1, -0.05) is 0 Å². The molecule has 1 N–H and O–H groups in total. The molecule has 1 aliphatic rings. The second-order valence-electron chi connectivity index (χ2n) is 7.19. The molecule has 0 unspecified atom stereocenters. The van der Waals surface area contributed by atoms with Gasteiger partial charge in [0, 0.05) is 11.6 Å². The number of anilines is 1. The molecule has 3 rings (SSSR count). The van der Waals surface area contributed by atoms with E-state index in [0.29, 0.717) is 34.2 Å². The van der Waals surface area contributed by atoms with Crippen molar-refractivity contribution in [2.45, 2.75) is 19.5 Å². The number of carbonyl (C=O) groups excluding carboxylic acids is 2. The molecule has 2 aromatic rings. The Kier molecular flexibility index (Phi) is 5.96. The van der Waals surface area contributed by atoms with Gasteiger partial charge in [0.2, 0.25) is 5.91 Å². The van der Waals surface area contributed by atoms with Gasteiger partial charge in [-0.2, -0.15) is 0 Å². The zero-order chi connectivity index (χ0) is 21.9. The molecule has 2 amide bonds. The van der Waals surface area contributed by atoms with Crippen molar-refractivity contribution in [3.63, 3.8) is 0 Å². The first-order valence-corrected chi connectivity index (χ1v) is 9.37. The van der Waals surface area contributed by atoms with Crippen molar-refractivity contribution in [3.8, 4) is 17.2 Å². The van der Waals surface area contributed by atoms with Gasteiger partial charge in [0.15, 0.2) is 0 Å². The second kappa shape index (κ2) is 8.44. The first-order valence-electron chi connectivity index (χ1n) is 9.37. The topological polar surface area (TPSA) is 89.5 Å². The number of nitrogens with zero attached hydrogens (tertiary/aromatic N) is 2. The van der Waals surface area contributed by atoms with Crippen LogP contribution in [0.15, 0.2) is 47.5 Å². The number of rotatable bonds is 7. The van der Waals surface area contributed by atoms with E-state index < -0.39 is 5.66 Å². The summed E-state index contributed by atoms with van der Waals surface area (Å²) in [6, 6.07) is 12.2. The van der Waals surface area contributed by atoms with Crippen LogP contribution < -0.4 is 19.5 Å². The Bertz CT molecular complexity index is 983. The standard InChI is InChI=1S/C22H25N3O5/c1-22(2)24-20(14-6-8-15(28-3)9-7-14)21(27)25(22)13-19(26)23-17-11-10-16(29-4)12-18(17)30-5/h6-12H,13H2,1-5H3,(H,23,26). The third-order valence-electron chi connectivity index (χ3n) is 4.84. The zero-order valence-corrected chi connectivity index (χ0v) is 17.7. The fourth-order valence-corrected chi connectivity index (χ4v) is 3.20. The third-order valence-corrected chi connectivity index (χ3v) is 4.84. The van der Waals surface area contributed by atoms with E-state index >= 15 is 0 Å². The summed E-state index contributed by atoms with van der Waals surface area (Å²) < 4.78 is 15.6. The van der Waals surface area contributed by atoms with Gasteiger partial charge in [-0.3, -0.25) is 14.6 Å². The molecule has 0 aliphatic carbocycles. The van der Waals surface area contributed by atoms with Crippen LogP contribution in [0.25, 0.3) is 0 Å². The highest BCUT2D eigenvalue weighted by atomic mass is 16.5. The molecule has 0 saturated carbocycles. The maximum atomic E-state index is 13.0. The van der Waals surface area contributed by atoms with Crippen LogP contribution in [0.5, 0.6) is 17.2 Å². The number of hydrogen-bond acceptors (Lipinski definition) is 6. The lowest BCUT2D eigenvalue weighted by Crippen LogP contribution is -2.46. The van der Waals surface area contributed by atoms with Crippen LogP contribution in [-0.2, 0) is 9.59 Å². The van der Waals surface area contributed by atoms with Crippen LogP contribution in [0.2, 0.25) is 0 Å². The van der Waals surface area contributed by atoms with Crippen molar-refractivity contribution >= 4 is 23.2 Å². The molecule has 0 saturated heterocycles. The predicted octanol–water partition coefficient (Wildman–Crippen LogP) is 2.72.